The smallest absolute Gasteiger partial charge is 0.147 e. The molecular weight excluding hydrogens is 269 g/mol. The van der Waals surface area contributed by atoms with Crippen molar-refractivity contribution in [3.8, 4) is 0 Å². The minimum Gasteiger partial charge on any atom is -0.409 e. The van der Waals surface area contributed by atoms with Crippen LogP contribution in [-0.2, 0) is 0 Å². The van der Waals surface area contributed by atoms with Crippen molar-refractivity contribution in [2.75, 3.05) is 11.9 Å². The van der Waals surface area contributed by atoms with Crippen molar-refractivity contribution >= 4 is 23.1 Å². The van der Waals surface area contributed by atoms with Gasteiger partial charge in [0.05, 0.1) is 5.69 Å². The minimum atomic E-state index is -0.380. The summed E-state index contributed by atoms with van der Waals surface area (Å²) in [5.74, 6) is -0.173. The van der Waals surface area contributed by atoms with Crippen LogP contribution in [0.4, 0.5) is 10.1 Å². The van der Waals surface area contributed by atoms with E-state index in [9.17, 15) is 4.39 Å². The third-order valence-electron chi connectivity index (χ3n) is 3.03. The van der Waals surface area contributed by atoms with Crippen LogP contribution in [0.15, 0.2) is 23.4 Å². The first-order valence-electron chi connectivity index (χ1n) is 6.04. The number of hydrogen-bond donors (Lipinski definition) is 3. The van der Waals surface area contributed by atoms with Crippen LogP contribution in [0.3, 0.4) is 0 Å². The molecule has 4 nitrogen and oxygen atoms in total. The van der Waals surface area contributed by atoms with Gasteiger partial charge in [-0.05, 0) is 31.0 Å². The van der Waals surface area contributed by atoms with Gasteiger partial charge in [0.1, 0.15) is 11.7 Å². The number of oxime groups is 1. The van der Waals surface area contributed by atoms with Crippen LogP contribution >= 0.6 is 11.6 Å². The number of hydrogen-bond acceptors (Lipinski definition) is 3. The standard InChI is InChI=1S/C13H19ClFN3O/c1-13(2,12(16)18-19)6-3-7-17-11-5-4-9(14)8-10(11)15/h4-5,8,17,19H,3,6-7H2,1-2H3,(H2,16,18). The van der Waals surface area contributed by atoms with Crippen LogP contribution in [0.1, 0.15) is 26.7 Å². The maximum absolute atomic E-state index is 13.5. The highest BCUT2D eigenvalue weighted by molar-refractivity contribution is 6.30. The zero-order valence-corrected chi connectivity index (χ0v) is 11.8. The normalized spacial score (nSPS) is 12.5. The molecule has 0 aliphatic carbocycles. The zero-order valence-electron chi connectivity index (χ0n) is 11.1. The number of rotatable bonds is 6. The van der Waals surface area contributed by atoms with Crippen LogP contribution in [0, 0.1) is 11.2 Å². The Bertz CT molecular complexity index is 463. The van der Waals surface area contributed by atoms with E-state index in [1.807, 2.05) is 13.8 Å². The van der Waals surface area contributed by atoms with E-state index in [0.717, 1.165) is 12.8 Å². The molecule has 0 fully saturated rings. The molecule has 0 saturated carbocycles. The van der Waals surface area contributed by atoms with E-state index >= 15 is 0 Å². The summed E-state index contributed by atoms with van der Waals surface area (Å²) < 4.78 is 13.5. The molecule has 0 aliphatic heterocycles. The minimum absolute atomic E-state index is 0.199. The lowest BCUT2D eigenvalue weighted by molar-refractivity contribution is 0.305. The van der Waals surface area contributed by atoms with Crippen LogP contribution in [0.25, 0.3) is 0 Å². The molecule has 1 rings (SSSR count). The molecule has 1 aromatic rings. The molecule has 0 radical (unpaired) electrons. The van der Waals surface area contributed by atoms with Crippen LogP contribution in [-0.4, -0.2) is 17.6 Å². The fourth-order valence-corrected chi connectivity index (χ4v) is 1.81. The number of halogens is 2. The van der Waals surface area contributed by atoms with E-state index < -0.39 is 0 Å². The maximum atomic E-state index is 13.5. The van der Waals surface area contributed by atoms with Gasteiger partial charge in [0.15, 0.2) is 0 Å². The Kier molecular flexibility index (Phi) is 5.42. The van der Waals surface area contributed by atoms with Crippen molar-refractivity contribution in [1.82, 2.24) is 0 Å². The molecule has 1 aromatic carbocycles. The van der Waals surface area contributed by atoms with E-state index in [2.05, 4.69) is 10.5 Å². The molecule has 0 spiro atoms. The first-order valence-corrected chi connectivity index (χ1v) is 6.41. The number of nitrogens with two attached hydrogens (primary N) is 1. The predicted molar refractivity (Wildman–Crippen MR) is 76.3 cm³/mol. The van der Waals surface area contributed by atoms with Gasteiger partial charge in [0.25, 0.3) is 0 Å². The summed E-state index contributed by atoms with van der Waals surface area (Å²) in [4.78, 5) is 0. The number of amidine groups is 1. The second-order valence-electron chi connectivity index (χ2n) is 5.02. The fraction of sp³-hybridized carbons (Fsp3) is 0.462. The highest BCUT2D eigenvalue weighted by atomic mass is 35.5. The third-order valence-corrected chi connectivity index (χ3v) is 3.26. The van der Waals surface area contributed by atoms with Gasteiger partial charge in [-0.2, -0.15) is 0 Å². The summed E-state index contributed by atoms with van der Waals surface area (Å²) in [6, 6.07) is 4.50. The van der Waals surface area contributed by atoms with E-state index in [4.69, 9.17) is 22.5 Å². The number of nitrogens with one attached hydrogen (secondary N) is 1. The van der Waals surface area contributed by atoms with Crippen molar-refractivity contribution < 1.29 is 9.60 Å². The van der Waals surface area contributed by atoms with E-state index in [-0.39, 0.29) is 17.1 Å². The molecule has 0 bridgehead atoms. The van der Waals surface area contributed by atoms with Crippen molar-refractivity contribution in [2.45, 2.75) is 26.7 Å². The largest absolute Gasteiger partial charge is 0.409 e. The highest BCUT2D eigenvalue weighted by Crippen LogP contribution is 2.23. The average molecular weight is 288 g/mol. The van der Waals surface area contributed by atoms with Crippen LogP contribution < -0.4 is 11.1 Å². The molecule has 0 amide bonds. The van der Waals surface area contributed by atoms with E-state index in [1.54, 1.807) is 12.1 Å². The topological polar surface area (TPSA) is 70.6 Å². The highest BCUT2D eigenvalue weighted by Gasteiger charge is 2.22. The number of nitrogens with zero attached hydrogens (tertiary/aromatic N) is 1. The number of anilines is 1. The summed E-state index contributed by atoms with van der Waals surface area (Å²) >= 11 is 5.67. The van der Waals surface area contributed by atoms with Gasteiger partial charge >= 0.3 is 0 Å². The molecule has 0 saturated heterocycles. The van der Waals surface area contributed by atoms with Gasteiger partial charge in [0.2, 0.25) is 0 Å². The van der Waals surface area contributed by atoms with Gasteiger partial charge in [-0.15, -0.1) is 0 Å². The molecule has 0 atom stereocenters. The lowest BCUT2D eigenvalue weighted by Gasteiger charge is -2.22. The monoisotopic (exact) mass is 287 g/mol. The molecule has 4 N–H and O–H groups in total. The van der Waals surface area contributed by atoms with Crippen molar-refractivity contribution in [2.24, 2.45) is 16.3 Å². The molecule has 0 heterocycles. The Morgan fingerprint density at radius 3 is 2.79 bits per heavy atom. The van der Waals surface area contributed by atoms with Gasteiger partial charge in [-0.1, -0.05) is 30.6 Å². The molecule has 106 valence electrons. The first-order chi connectivity index (χ1) is 8.86. The van der Waals surface area contributed by atoms with Gasteiger partial charge < -0.3 is 16.3 Å². The van der Waals surface area contributed by atoms with Crippen molar-refractivity contribution in [3.05, 3.63) is 29.0 Å². The lowest BCUT2D eigenvalue weighted by Crippen LogP contribution is -2.32. The Morgan fingerprint density at radius 1 is 1.53 bits per heavy atom. The summed E-state index contributed by atoms with van der Waals surface area (Å²) in [6.45, 7) is 4.39. The first kappa shape index (κ1) is 15.6. The Morgan fingerprint density at radius 2 is 2.21 bits per heavy atom. The average Bonchev–Trinajstić information content (AvgIpc) is 2.35. The maximum Gasteiger partial charge on any atom is 0.147 e. The lowest BCUT2D eigenvalue weighted by atomic mass is 9.86. The SMILES string of the molecule is CC(C)(CCCNc1ccc(Cl)cc1F)C(N)=NO. The summed E-state index contributed by atoms with van der Waals surface area (Å²) in [7, 11) is 0. The van der Waals surface area contributed by atoms with Gasteiger partial charge in [-0.3, -0.25) is 0 Å². The van der Waals surface area contributed by atoms with Crippen molar-refractivity contribution in [1.29, 1.82) is 0 Å². The van der Waals surface area contributed by atoms with E-state index in [0.29, 0.717) is 17.3 Å². The molecule has 0 aromatic heterocycles. The zero-order chi connectivity index (χ0) is 14.5. The van der Waals surface area contributed by atoms with Gasteiger partial charge in [-0.25, -0.2) is 4.39 Å². The molecule has 0 unspecified atom stereocenters. The Labute approximate surface area is 117 Å². The second-order valence-corrected chi connectivity index (χ2v) is 5.46. The summed E-state index contributed by atoms with van der Waals surface area (Å²) in [5, 5.41) is 15.0. The second kappa shape index (κ2) is 6.61. The Balaban J connectivity index is 2.43. The summed E-state index contributed by atoms with van der Waals surface area (Å²) in [6.07, 6.45) is 1.50. The number of benzene rings is 1. The molecule has 19 heavy (non-hydrogen) atoms. The molecule has 6 heteroatoms. The third kappa shape index (κ3) is 4.59. The van der Waals surface area contributed by atoms with Crippen LogP contribution in [0.5, 0.6) is 0 Å². The molecule has 0 aliphatic rings. The molecular formula is C13H19ClFN3O. The van der Waals surface area contributed by atoms with Crippen LogP contribution in [0.2, 0.25) is 5.02 Å². The quantitative estimate of drug-likeness (QED) is 0.247. The van der Waals surface area contributed by atoms with Crippen molar-refractivity contribution in [3.63, 3.8) is 0 Å². The Hall–Kier alpha value is -1.49. The van der Waals surface area contributed by atoms with Gasteiger partial charge in [0, 0.05) is 17.0 Å². The predicted octanol–water partition coefficient (Wildman–Crippen LogP) is 3.44. The fourth-order valence-electron chi connectivity index (χ4n) is 1.65. The van der Waals surface area contributed by atoms with E-state index in [1.165, 1.54) is 6.07 Å². The summed E-state index contributed by atoms with van der Waals surface area (Å²) in [5.41, 5.74) is 5.63.